The highest BCUT2D eigenvalue weighted by Crippen LogP contribution is 2.36. The Kier molecular flexibility index (Phi) is 3.66. The Morgan fingerprint density at radius 2 is 2.35 bits per heavy atom. The van der Waals surface area contributed by atoms with Gasteiger partial charge in [0.05, 0.1) is 7.11 Å². The molecule has 1 unspecified atom stereocenters. The minimum atomic E-state index is 0.573. The molecule has 1 aliphatic heterocycles. The molecule has 0 spiro atoms. The van der Waals surface area contributed by atoms with E-state index in [0.717, 1.165) is 30.4 Å². The van der Waals surface area contributed by atoms with Gasteiger partial charge in [-0.1, -0.05) is 6.92 Å². The average Bonchev–Trinajstić information content (AvgIpc) is 2.85. The van der Waals surface area contributed by atoms with Crippen LogP contribution >= 0.6 is 0 Å². The molecular weight excluding hydrogens is 216 g/mol. The maximum Gasteiger partial charge on any atom is 0.204 e. The van der Waals surface area contributed by atoms with Crippen molar-refractivity contribution in [2.24, 2.45) is 0 Å². The van der Waals surface area contributed by atoms with E-state index >= 15 is 0 Å². The zero-order valence-electron chi connectivity index (χ0n) is 10.7. The number of nitrogens with one attached hydrogen (secondary N) is 1. The van der Waals surface area contributed by atoms with Crippen LogP contribution in [-0.4, -0.2) is 36.7 Å². The number of ether oxygens (including phenoxy) is 1. The van der Waals surface area contributed by atoms with Crippen LogP contribution in [0, 0.1) is 0 Å². The lowest BCUT2D eigenvalue weighted by Crippen LogP contribution is -2.29. The van der Waals surface area contributed by atoms with Gasteiger partial charge in [-0.05, 0) is 19.3 Å². The topological polar surface area (TPSA) is 50.3 Å². The molecule has 1 N–H and O–H groups in total. The Hall–Kier alpha value is -1.52. The third-order valence-corrected chi connectivity index (χ3v) is 3.35. The molecule has 5 heteroatoms. The van der Waals surface area contributed by atoms with Gasteiger partial charge in [0.25, 0.3) is 0 Å². The summed E-state index contributed by atoms with van der Waals surface area (Å²) in [6.07, 6.45) is 5.19. The predicted octanol–water partition coefficient (Wildman–Crippen LogP) is 1.91. The largest absolute Gasteiger partial charge is 0.490 e. The van der Waals surface area contributed by atoms with Crippen molar-refractivity contribution in [3.05, 3.63) is 6.33 Å². The molecule has 1 aliphatic rings. The van der Waals surface area contributed by atoms with Crippen LogP contribution in [0.15, 0.2) is 6.33 Å². The third-order valence-electron chi connectivity index (χ3n) is 3.35. The fourth-order valence-electron chi connectivity index (χ4n) is 2.47. The first-order valence-corrected chi connectivity index (χ1v) is 6.15. The molecule has 0 saturated carbocycles. The SMILES string of the molecule is CCC1CCCN1c1ncnc(NC)c1OC. The number of rotatable bonds is 4. The molecule has 0 amide bonds. The van der Waals surface area contributed by atoms with Gasteiger partial charge in [-0.15, -0.1) is 0 Å². The van der Waals surface area contributed by atoms with E-state index < -0.39 is 0 Å². The van der Waals surface area contributed by atoms with Crippen molar-refractivity contribution in [3.8, 4) is 5.75 Å². The van der Waals surface area contributed by atoms with E-state index in [9.17, 15) is 0 Å². The van der Waals surface area contributed by atoms with Crippen LogP contribution in [0.3, 0.4) is 0 Å². The fraction of sp³-hybridized carbons (Fsp3) is 0.667. The van der Waals surface area contributed by atoms with Crippen molar-refractivity contribution in [2.45, 2.75) is 32.2 Å². The maximum atomic E-state index is 5.44. The van der Waals surface area contributed by atoms with E-state index in [1.807, 2.05) is 7.05 Å². The molecule has 1 atom stereocenters. The summed E-state index contributed by atoms with van der Waals surface area (Å²) >= 11 is 0. The van der Waals surface area contributed by atoms with Crippen LogP contribution in [0.2, 0.25) is 0 Å². The maximum absolute atomic E-state index is 5.44. The first-order valence-electron chi connectivity index (χ1n) is 6.15. The smallest absolute Gasteiger partial charge is 0.204 e. The summed E-state index contributed by atoms with van der Waals surface area (Å²) in [6, 6.07) is 0.573. The van der Waals surface area contributed by atoms with E-state index in [1.54, 1.807) is 13.4 Å². The zero-order valence-corrected chi connectivity index (χ0v) is 10.7. The normalized spacial score (nSPS) is 19.5. The molecule has 0 radical (unpaired) electrons. The van der Waals surface area contributed by atoms with Crippen molar-refractivity contribution >= 4 is 11.6 Å². The lowest BCUT2D eigenvalue weighted by atomic mass is 10.2. The number of methoxy groups -OCH3 is 1. The summed E-state index contributed by atoms with van der Waals surface area (Å²) in [6.45, 7) is 3.27. The van der Waals surface area contributed by atoms with Gasteiger partial charge in [0.15, 0.2) is 11.6 Å². The summed E-state index contributed by atoms with van der Waals surface area (Å²) in [4.78, 5) is 10.9. The van der Waals surface area contributed by atoms with Crippen LogP contribution in [0.1, 0.15) is 26.2 Å². The Labute approximate surface area is 102 Å². The molecule has 1 aromatic rings. The van der Waals surface area contributed by atoms with Crippen LogP contribution in [-0.2, 0) is 0 Å². The lowest BCUT2D eigenvalue weighted by Gasteiger charge is -2.26. The van der Waals surface area contributed by atoms with Crippen LogP contribution < -0.4 is 15.0 Å². The van der Waals surface area contributed by atoms with Gasteiger partial charge >= 0.3 is 0 Å². The molecule has 0 bridgehead atoms. The van der Waals surface area contributed by atoms with Crippen LogP contribution in [0.5, 0.6) is 5.75 Å². The van der Waals surface area contributed by atoms with E-state index in [2.05, 4.69) is 27.1 Å². The second-order valence-electron chi connectivity index (χ2n) is 4.23. The van der Waals surface area contributed by atoms with Crippen LogP contribution in [0.25, 0.3) is 0 Å². The van der Waals surface area contributed by atoms with Crippen LogP contribution in [0.4, 0.5) is 11.6 Å². The quantitative estimate of drug-likeness (QED) is 0.865. The summed E-state index contributed by atoms with van der Waals surface area (Å²) in [5.41, 5.74) is 0. The average molecular weight is 236 g/mol. The van der Waals surface area contributed by atoms with Gasteiger partial charge in [0.2, 0.25) is 5.75 Å². The second kappa shape index (κ2) is 5.21. The van der Waals surface area contributed by atoms with Crippen molar-refractivity contribution in [1.29, 1.82) is 0 Å². The van der Waals surface area contributed by atoms with Crippen molar-refractivity contribution in [1.82, 2.24) is 9.97 Å². The molecule has 17 heavy (non-hydrogen) atoms. The van der Waals surface area contributed by atoms with E-state index in [1.165, 1.54) is 12.8 Å². The Morgan fingerprint density at radius 3 is 3.00 bits per heavy atom. The summed E-state index contributed by atoms with van der Waals surface area (Å²) in [7, 11) is 3.51. The molecule has 1 fully saturated rings. The highest BCUT2D eigenvalue weighted by Gasteiger charge is 2.27. The van der Waals surface area contributed by atoms with Gasteiger partial charge in [-0.3, -0.25) is 0 Å². The van der Waals surface area contributed by atoms with Gasteiger partial charge in [0.1, 0.15) is 6.33 Å². The number of hydrogen-bond donors (Lipinski definition) is 1. The van der Waals surface area contributed by atoms with Crippen molar-refractivity contribution < 1.29 is 4.74 Å². The first-order chi connectivity index (χ1) is 8.31. The molecule has 0 aromatic carbocycles. The minimum absolute atomic E-state index is 0.573. The molecule has 2 heterocycles. The highest BCUT2D eigenvalue weighted by atomic mass is 16.5. The number of nitrogens with zero attached hydrogens (tertiary/aromatic N) is 3. The molecule has 1 saturated heterocycles. The van der Waals surface area contributed by atoms with Gasteiger partial charge in [-0.25, -0.2) is 9.97 Å². The number of anilines is 2. The Morgan fingerprint density at radius 1 is 1.53 bits per heavy atom. The van der Waals surface area contributed by atoms with E-state index in [0.29, 0.717) is 6.04 Å². The second-order valence-corrected chi connectivity index (χ2v) is 4.23. The lowest BCUT2D eigenvalue weighted by molar-refractivity contribution is 0.411. The Bertz CT molecular complexity index is 383. The predicted molar refractivity (Wildman–Crippen MR) is 68.8 cm³/mol. The number of hydrogen-bond acceptors (Lipinski definition) is 5. The summed E-state index contributed by atoms with van der Waals surface area (Å²) in [5.74, 6) is 2.41. The van der Waals surface area contributed by atoms with Gasteiger partial charge < -0.3 is 15.0 Å². The fourth-order valence-corrected chi connectivity index (χ4v) is 2.47. The summed E-state index contributed by atoms with van der Waals surface area (Å²) < 4.78 is 5.44. The monoisotopic (exact) mass is 236 g/mol. The molecule has 5 nitrogen and oxygen atoms in total. The molecule has 0 aliphatic carbocycles. The summed E-state index contributed by atoms with van der Waals surface area (Å²) in [5, 5.41) is 3.04. The first kappa shape index (κ1) is 12.0. The molecule has 2 rings (SSSR count). The highest BCUT2D eigenvalue weighted by molar-refractivity contribution is 5.65. The van der Waals surface area contributed by atoms with Crippen molar-refractivity contribution in [3.63, 3.8) is 0 Å². The van der Waals surface area contributed by atoms with Gasteiger partial charge in [-0.2, -0.15) is 0 Å². The zero-order chi connectivity index (χ0) is 12.3. The molecule has 1 aromatic heterocycles. The van der Waals surface area contributed by atoms with E-state index in [4.69, 9.17) is 4.74 Å². The third kappa shape index (κ3) is 2.14. The van der Waals surface area contributed by atoms with Gasteiger partial charge in [0, 0.05) is 19.6 Å². The van der Waals surface area contributed by atoms with E-state index in [-0.39, 0.29) is 0 Å². The van der Waals surface area contributed by atoms with Crippen molar-refractivity contribution in [2.75, 3.05) is 30.9 Å². The Balaban J connectivity index is 2.37. The number of aromatic nitrogens is 2. The standard InChI is InChI=1S/C12H20N4O/c1-4-9-6-5-7-16(9)12-10(17-3)11(13-2)14-8-15-12/h8-9H,4-7H2,1-3H3,(H,13,14,15). The molecular formula is C12H20N4O. The minimum Gasteiger partial charge on any atom is -0.490 e. The molecule has 94 valence electrons.